The van der Waals surface area contributed by atoms with Gasteiger partial charge >= 0.3 is 0 Å². The summed E-state index contributed by atoms with van der Waals surface area (Å²) in [5.74, 6) is 2.67. The van der Waals surface area contributed by atoms with Crippen molar-refractivity contribution in [1.82, 2.24) is 14.5 Å². The van der Waals surface area contributed by atoms with E-state index in [1.807, 2.05) is 24.3 Å². The number of benzene rings is 4. The van der Waals surface area contributed by atoms with Crippen LogP contribution in [-0.4, -0.2) is 19.6 Å². The van der Waals surface area contributed by atoms with E-state index in [-0.39, 0.29) is 17.1 Å². The zero-order chi connectivity index (χ0) is 33.0. The Labute approximate surface area is 276 Å². The molecule has 0 unspecified atom stereocenters. The number of aromatic nitrogens is 3. The van der Waals surface area contributed by atoms with Gasteiger partial charge in [0.2, 0.25) is 5.88 Å². The molecular weight excluding hydrogens is 578 g/mol. The van der Waals surface area contributed by atoms with Gasteiger partial charge in [-0.05, 0) is 69.3 Å². The van der Waals surface area contributed by atoms with Crippen molar-refractivity contribution >= 4 is 32.7 Å². The molecular formula is C42H41N3O2. The fraction of sp³-hybridized carbons (Fsp3) is 0.238. The van der Waals surface area contributed by atoms with Crippen molar-refractivity contribution in [3.05, 3.63) is 120 Å². The van der Waals surface area contributed by atoms with Gasteiger partial charge in [0.05, 0.1) is 11.0 Å². The van der Waals surface area contributed by atoms with Crippen LogP contribution in [0.3, 0.4) is 0 Å². The average molecular weight is 620 g/mol. The summed E-state index contributed by atoms with van der Waals surface area (Å²) < 4.78 is 8.92. The highest BCUT2D eigenvalue weighted by atomic mass is 16.5. The summed E-state index contributed by atoms with van der Waals surface area (Å²) in [5, 5.41) is 14.0. The van der Waals surface area contributed by atoms with E-state index in [9.17, 15) is 5.11 Å². The quantitative estimate of drug-likeness (QED) is 0.201. The number of rotatable bonds is 6. The van der Waals surface area contributed by atoms with Gasteiger partial charge in [-0.1, -0.05) is 109 Å². The molecule has 1 N–H and O–H groups in total. The molecule has 0 amide bonds. The summed E-state index contributed by atoms with van der Waals surface area (Å²) >= 11 is 0. The van der Waals surface area contributed by atoms with E-state index >= 15 is 0 Å². The average Bonchev–Trinajstić information content (AvgIpc) is 3.38. The lowest BCUT2D eigenvalue weighted by Gasteiger charge is -2.25. The van der Waals surface area contributed by atoms with Crippen molar-refractivity contribution < 1.29 is 9.84 Å². The Morgan fingerprint density at radius 1 is 0.723 bits per heavy atom. The van der Waals surface area contributed by atoms with E-state index in [2.05, 4.69) is 126 Å². The summed E-state index contributed by atoms with van der Waals surface area (Å²) in [6.07, 6.45) is 2.06. The molecule has 0 aliphatic heterocycles. The van der Waals surface area contributed by atoms with Crippen LogP contribution in [0.15, 0.2) is 103 Å². The Balaban J connectivity index is 1.52. The van der Waals surface area contributed by atoms with Crippen molar-refractivity contribution in [3.63, 3.8) is 0 Å². The zero-order valence-corrected chi connectivity index (χ0v) is 28.2. The Morgan fingerprint density at radius 2 is 1.43 bits per heavy atom. The number of phenolic OH excluding ortho intramolecular Hbond substituents is 1. The molecule has 0 radical (unpaired) electrons. The molecule has 4 aromatic carbocycles. The Hall–Kier alpha value is -5.16. The zero-order valence-electron chi connectivity index (χ0n) is 28.2. The second-order valence-corrected chi connectivity index (χ2v) is 14.1. The van der Waals surface area contributed by atoms with Crippen LogP contribution in [0.2, 0.25) is 0 Å². The molecule has 0 saturated carbocycles. The first-order chi connectivity index (χ1) is 22.5. The van der Waals surface area contributed by atoms with Gasteiger partial charge in [0.1, 0.15) is 22.8 Å². The molecule has 3 heterocycles. The maximum atomic E-state index is 10.7. The van der Waals surface area contributed by atoms with Crippen LogP contribution in [-0.2, 0) is 5.41 Å². The van der Waals surface area contributed by atoms with Gasteiger partial charge in [0, 0.05) is 34.5 Å². The number of pyridine rings is 2. The molecule has 5 heteroatoms. The number of hydrogen-bond acceptors (Lipinski definition) is 4. The molecule has 0 aliphatic rings. The molecule has 0 atom stereocenters. The van der Waals surface area contributed by atoms with Crippen LogP contribution in [0.5, 0.6) is 17.4 Å². The molecule has 0 fully saturated rings. The molecule has 0 spiro atoms. The van der Waals surface area contributed by atoms with E-state index in [0.29, 0.717) is 23.1 Å². The molecule has 0 aliphatic carbocycles. The van der Waals surface area contributed by atoms with Crippen molar-refractivity contribution in [3.8, 4) is 34.3 Å². The molecule has 7 rings (SSSR count). The molecule has 7 aromatic rings. The minimum Gasteiger partial charge on any atom is -0.506 e. The van der Waals surface area contributed by atoms with Crippen LogP contribution in [0.25, 0.3) is 49.7 Å². The molecule has 5 nitrogen and oxygen atoms in total. The van der Waals surface area contributed by atoms with Crippen LogP contribution < -0.4 is 4.74 Å². The predicted octanol–water partition coefficient (Wildman–Crippen LogP) is 11.4. The lowest BCUT2D eigenvalue weighted by molar-refractivity contribution is 0.459. The van der Waals surface area contributed by atoms with Crippen LogP contribution in [0.1, 0.15) is 77.0 Å². The fourth-order valence-corrected chi connectivity index (χ4v) is 6.79. The van der Waals surface area contributed by atoms with Gasteiger partial charge in [-0.3, -0.25) is 4.57 Å². The minimum absolute atomic E-state index is 0.0242. The number of nitrogens with zero attached hydrogens (tertiary/aromatic N) is 3. The lowest BCUT2D eigenvalue weighted by atomic mass is 9.82. The third-order valence-electron chi connectivity index (χ3n) is 9.08. The highest BCUT2D eigenvalue weighted by Crippen LogP contribution is 2.43. The fourth-order valence-electron chi connectivity index (χ4n) is 6.79. The molecule has 0 saturated heterocycles. The monoisotopic (exact) mass is 619 g/mol. The first kappa shape index (κ1) is 30.5. The summed E-state index contributed by atoms with van der Waals surface area (Å²) in [7, 11) is 0. The van der Waals surface area contributed by atoms with Crippen LogP contribution >= 0.6 is 0 Å². The third-order valence-corrected chi connectivity index (χ3v) is 9.08. The number of hydrogen-bond donors (Lipinski definition) is 1. The molecule has 47 heavy (non-hydrogen) atoms. The number of fused-ring (bicyclic) bond motifs is 4. The van der Waals surface area contributed by atoms with Gasteiger partial charge in [0.25, 0.3) is 0 Å². The maximum Gasteiger partial charge on any atom is 0.220 e. The first-order valence-corrected chi connectivity index (χ1v) is 16.4. The van der Waals surface area contributed by atoms with E-state index < -0.39 is 0 Å². The van der Waals surface area contributed by atoms with Gasteiger partial charge < -0.3 is 9.84 Å². The maximum absolute atomic E-state index is 10.7. The molecule has 0 bridgehead atoms. The second-order valence-electron chi connectivity index (χ2n) is 14.1. The normalized spacial score (nSPS) is 12.2. The predicted molar refractivity (Wildman–Crippen MR) is 194 cm³/mol. The first-order valence-electron chi connectivity index (χ1n) is 16.4. The number of ether oxygens (including phenoxy) is 1. The smallest absolute Gasteiger partial charge is 0.220 e. The summed E-state index contributed by atoms with van der Waals surface area (Å²) in [6, 6.07) is 33.0. The van der Waals surface area contributed by atoms with Crippen LogP contribution in [0.4, 0.5) is 0 Å². The van der Waals surface area contributed by atoms with Gasteiger partial charge in [-0.15, -0.1) is 0 Å². The standard InChI is InChI=1S/C42H41N3O2/c1-25(2)31-23-39(44-41-29(31)17-13-19-37(41)46)47-28-20-33(27-14-9-8-10-15-27)40-30-16-11-12-18-35(30)45(36(40)21-28)38-22-32(26(3)4)34(24-43-38)42(5,6)7/h8-26,46H,1-7H3. The van der Waals surface area contributed by atoms with Gasteiger partial charge in [-0.2, -0.15) is 0 Å². The number of aromatic hydroxyl groups is 1. The van der Waals surface area contributed by atoms with Crippen molar-refractivity contribution in [2.45, 2.75) is 65.7 Å². The summed E-state index contributed by atoms with van der Waals surface area (Å²) in [5.41, 5.74) is 8.39. The van der Waals surface area contributed by atoms with E-state index in [1.54, 1.807) is 6.07 Å². The Kier molecular flexibility index (Phi) is 7.51. The summed E-state index contributed by atoms with van der Waals surface area (Å²) in [4.78, 5) is 9.90. The minimum atomic E-state index is -0.0242. The Morgan fingerprint density at radius 3 is 2.15 bits per heavy atom. The SMILES string of the molecule is CC(C)c1cc(-n2c3ccccc3c3c(-c4ccccc4)cc(Oc4cc(C(C)C)c5cccc(O)c5n4)cc32)ncc1C(C)(C)C. The van der Waals surface area contributed by atoms with Gasteiger partial charge in [0.15, 0.2) is 0 Å². The second kappa shape index (κ2) is 11.6. The van der Waals surface area contributed by atoms with Crippen molar-refractivity contribution in [2.75, 3.05) is 0 Å². The highest BCUT2D eigenvalue weighted by Gasteiger charge is 2.24. The summed E-state index contributed by atoms with van der Waals surface area (Å²) in [6.45, 7) is 15.5. The third kappa shape index (κ3) is 5.40. The van der Waals surface area contributed by atoms with E-state index in [1.165, 1.54) is 11.1 Å². The highest BCUT2D eigenvalue weighted by molar-refractivity contribution is 6.16. The van der Waals surface area contributed by atoms with Gasteiger partial charge in [-0.25, -0.2) is 9.97 Å². The topological polar surface area (TPSA) is 60.2 Å². The van der Waals surface area contributed by atoms with E-state index in [0.717, 1.165) is 49.7 Å². The van der Waals surface area contributed by atoms with Crippen molar-refractivity contribution in [1.29, 1.82) is 0 Å². The van der Waals surface area contributed by atoms with E-state index in [4.69, 9.17) is 14.7 Å². The number of para-hydroxylation sites is 2. The van der Waals surface area contributed by atoms with Crippen molar-refractivity contribution in [2.24, 2.45) is 0 Å². The lowest BCUT2D eigenvalue weighted by Crippen LogP contribution is -2.16. The largest absolute Gasteiger partial charge is 0.506 e. The molecule has 3 aromatic heterocycles. The van der Waals surface area contributed by atoms with Crippen LogP contribution in [0, 0.1) is 0 Å². The number of phenols is 1. The Bertz CT molecular complexity index is 2270. The molecule has 236 valence electrons.